The van der Waals surface area contributed by atoms with E-state index in [-0.39, 0.29) is 6.04 Å². The van der Waals surface area contributed by atoms with Crippen LogP contribution in [0.2, 0.25) is 0 Å². The van der Waals surface area contributed by atoms with Crippen molar-refractivity contribution in [2.24, 2.45) is 0 Å². The molecule has 2 N–H and O–H groups in total. The van der Waals surface area contributed by atoms with Gasteiger partial charge in [0.25, 0.3) is 0 Å². The lowest BCUT2D eigenvalue weighted by molar-refractivity contribution is 0.0992. The van der Waals surface area contributed by atoms with Crippen LogP contribution in [0.5, 0.6) is 0 Å². The van der Waals surface area contributed by atoms with Crippen LogP contribution in [0.1, 0.15) is 26.2 Å². The van der Waals surface area contributed by atoms with Gasteiger partial charge < -0.3 is 20.1 Å². The summed E-state index contributed by atoms with van der Waals surface area (Å²) in [6.07, 6.45) is 4.29. The van der Waals surface area contributed by atoms with E-state index in [4.69, 9.17) is 21.7 Å². The second-order valence-electron chi connectivity index (χ2n) is 4.69. The first-order valence-corrected chi connectivity index (χ1v) is 6.31. The van der Waals surface area contributed by atoms with E-state index in [0.717, 1.165) is 6.42 Å². The third-order valence-electron chi connectivity index (χ3n) is 3.22. The molecular weight excluding hydrogens is 224 g/mol. The van der Waals surface area contributed by atoms with Crippen LogP contribution in [0, 0.1) is 0 Å². The van der Waals surface area contributed by atoms with E-state index in [1.165, 1.54) is 12.8 Å². The first-order chi connectivity index (χ1) is 7.69. The van der Waals surface area contributed by atoms with Gasteiger partial charge in [0.05, 0.1) is 24.9 Å². The molecule has 2 rings (SSSR count). The molecule has 0 aromatic rings. The fourth-order valence-electron chi connectivity index (χ4n) is 2.52. The van der Waals surface area contributed by atoms with Gasteiger partial charge in [-0.1, -0.05) is 0 Å². The topological polar surface area (TPSA) is 42.5 Å². The Morgan fingerprint density at radius 1 is 1.56 bits per heavy atom. The normalized spacial score (nSPS) is 33.8. The maximum atomic E-state index is 5.76. The van der Waals surface area contributed by atoms with Crippen LogP contribution in [0.4, 0.5) is 0 Å². The van der Waals surface area contributed by atoms with Gasteiger partial charge in [0.1, 0.15) is 0 Å². The maximum absolute atomic E-state index is 5.76. The molecule has 4 atom stereocenters. The smallest absolute Gasteiger partial charge is 0.166 e. The predicted molar refractivity (Wildman–Crippen MR) is 66.5 cm³/mol. The minimum atomic E-state index is 0.240. The Labute approximate surface area is 102 Å². The van der Waals surface area contributed by atoms with Gasteiger partial charge in [-0.05, 0) is 38.4 Å². The number of thiocarbonyl (C=S) groups is 1. The van der Waals surface area contributed by atoms with Gasteiger partial charge in [0, 0.05) is 13.2 Å². The molecule has 2 bridgehead atoms. The number of hydrogen-bond donors (Lipinski definition) is 2. The molecule has 0 radical (unpaired) electrons. The molecule has 0 saturated carbocycles. The summed E-state index contributed by atoms with van der Waals surface area (Å²) in [4.78, 5) is 0. The van der Waals surface area contributed by atoms with Crippen molar-refractivity contribution in [3.8, 4) is 0 Å². The van der Waals surface area contributed by atoms with Gasteiger partial charge >= 0.3 is 0 Å². The third-order valence-corrected chi connectivity index (χ3v) is 3.45. The van der Waals surface area contributed by atoms with E-state index in [9.17, 15) is 0 Å². The van der Waals surface area contributed by atoms with Crippen molar-refractivity contribution in [2.75, 3.05) is 13.7 Å². The number of rotatable bonds is 4. The molecule has 2 heterocycles. The first kappa shape index (κ1) is 12.1. The number of fused-ring (bicyclic) bond motifs is 2. The highest BCUT2D eigenvalue weighted by Gasteiger charge is 2.40. The van der Waals surface area contributed by atoms with Crippen LogP contribution < -0.4 is 10.6 Å². The van der Waals surface area contributed by atoms with E-state index >= 15 is 0 Å². The van der Waals surface area contributed by atoms with E-state index in [1.807, 2.05) is 0 Å². The molecule has 0 aromatic heterocycles. The number of nitrogens with one attached hydrogen (secondary N) is 2. The molecule has 2 aliphatic heterocycles. The molecule has 0 spiro atoms. The zero-order chi connectivity index (χ0) is 11.5. The standard InChI is InChI=1S/C11H20N2O2S/c1-7(6-14-2)12-11(16)13-9-5-8-3-4-10(9)15-8/h7-10H,3-6H2,1-2H3,(H2,12,13,16). The van der Waals surface area contributed by atoms with Gasteiger partial charge in [-0.25, -0.2) is 0 Å². The second-order valence-corrected chi connectivity index (χ2v) is 5.10. The lowest BCUT2D eigenvalue weighted by Crippen LogP contribution is -2.49. The van der Waals surface area contributed by atoms with Gasteiger partial charge in [0.2, 0.25) is 0 Å². The molecule has 4 nitrogen and oxygen atoms in total. The van der Waals surface area contributed by atoms with E-state index in [1.54, 1.807) is 7.11 Å². The van der Waals surface area contributed by atoms with Gasteiger partial charge in [-0.15, -0.1) is 0 Å². The summed E-state index contributed by atoms with van der Waals surface area (Å²) in [5.41, 5.74) is 0. The quantitative estimate of drug-likeness (QED) is 0.716. The second kappa shape index (κ2) is 5.29. The monoisotopic (exact) mass is 244 g/mol. The summed E-state index contributed by atoms with van der Waals surface area (Å²) >= 11 is 5.26. The minimum absolute atomic E-state index is 0.240. The highest BCUT2D eigenvalue weighted by Crippen LogP contribution is 2.34. The molecule has 92 valence electrons. The van der Waals surface area contributed by atoms with Crippen molar-refractivity contribution in [1.29, 1.82) is 0 Å². The molecule has 0 aliphatic carbocycles. The molecule has 0 aromatic carbocycles. The van der Waals surface area contributed by atoms with E-state index in [2.05, 4.69) is 17.6 Å². The van der Waals surface area contributed by atoms with Crippen molar-refractivity contribution in [3.63, 3.8) is 0 Å². The maximum Gasteiger partial charge on any atom is 0.166 e. The van der Waals surface area contributed by atoms with Crippen molar-refractivity contribution in [2.45, 2.75) is 50.5 Å². The number of ether oxygens (including phenoxy) is 2. The van der Waals surface area contributed by atoms with Crippen LogP contribution in [-0.4, -0.2) is 43.1 Å². The zero-order valence-corrected chi connectivity index (χ0v) is 10.7. The predicted octanol–water partition coefficient (Wildman–Crippen LogP) is 0.805. The SMILES string of the molecule is COCC(C)NC(=S)NC1CC2CCC1O2. The third kappa shape index (κ3) is 2.84. The Hall–Kier alpha value is -0.390. The lowest BCUT2D eigenvalue weighted by atomic mass is 9.96. The van der Waals surface area contributed by atoms with E-state index < -0.39 is 0 Å². The van der Waals surface area contributed by atoms with Crippen LogP contribution in [-0.2, 0) is 9.47 Å². The van der Waals surface area contributed by atoms with Crippen molar-refractivity contribution < 1.29 is 9.47 Å². The summed E-state index contributed by atoms with van der Waals surface area (Å²) in [5.74, 6) is 0. The van der Waals surface area contributed by atoms with Crippen LogP contribution in [0.3, 0.4) is 0 Å². The zero-order valence-electron chi connectivity index (χ0n) is 9.86. The number of hydrogen-bond acceptors (Lipinski definition) is 3. The van der Waals surface area contributed by atoms with Crippen molar-refractivity contribution >= 4 is 17.3 Å². The molecule has 5 heteroatoms. The van der Waals surface area contributed by atoms with Crippen molar-refractivity contribution in [3.05, 3.63) is 0 Å². The molecule has 2 saturated heterocycles. The van der Waals surface area contributed by atoms with Gasteiger partial charge in [-0.2, -0.15) is 0 Å². The molecular formula is C11H20N2O2S. The average Bonchev–Trinajstić information content (AvgIpc) is 2.78. The summed E-state index contributed by atoms with van der Waals surface area (Å²) in [7, 11) is 1.69. The van der Waals surface area contributed by atoms with Crippen LogP contribution >= 0.6 is 12.2 Å². The fraction of sp³-hybridized carbons (Fsp3) is 0.909. The molecule has 4 unspecified atom stereocenters. The first-order valence-electron chi connectivity index (χ1n) is 5.90. The summed E-state index contributed by atoms with van der Waals surface area (Å²) in [6.45, 7) is 2.71. The highest BCUT2D eigenvalue weighted by molar-refractivity contribution is 7.80. The van der Waals surface area contributed by atoms with Crippen molar-refractivity contribution in [1.82, 2.24) is 10.6 Å². The summed E-state index contributed by atoms with van der Waals surface area (Å²) < 4.78 is 10.8. The van der Waals surface area contributed by atoms with Gasteiger partial charge in [-0.3, -0.25) is 0 Å². The van der Waals surface area contributed by atoms with Crippen LogP contribution in [0.15, 0.2) is 0 Å². The van der Waals surface area contributed by atoms with Gasteiger partial charge in [0.15, 0.2) is 5.11 Å². The lowest BCUT2D eigenvalue weighted by Gasteiger charge is -2.23. The molecule has 16 heavy (non-hydrogen) atoms. The summed E-state index contributed by atoms with van der Waals surface area (Å²) in [5, 5.41) is 7.26. The Kier molecular flexibility index (Phi) is 4.00. The average molecular weight is 244 g/mol. The van der Waals surface area contributed by atoms with Crippen LogP contribution in [0.25, 0.3) is 0 Å². The highest BCUT2D eigenvalue weighted by atomic mass is 32.1. The largest absolute Gasteiger partial charge is 0.383 e. The van der Waals surface area contributed by atoms with E-state index in [0.29, 0.717) is 30.0 Å². The molecule has 2 fully saturated rings. The minimum Gasteiger partial charge on any atom is -0.383 e. The fourth-order valence-corrected chi connectivity index (χ4v) is 2.87. The molecule has 0 amide bonds. The Balaban J connectivity index is 1.71. The summed E-state index contributed by atoms with van der Waals surface area (Å²) in [6, 6.07) is 0.637. The molecule has 2 aliphatic rings. The Bertz CT molecular complexity index is 262. The Morgan fingerprint density at radius 3 is 2.94 bits per heavy atom. The Morgan fingerprint density at radius 2 is 2.38 bits per heavy atom. The number of methoxy groups -OCH3 is 1.